The van der Waals surface area contributed by atoms with E-state index >= 15 is 0 Å². The van der Waals surface area contributed by atoms with Crippen molar-refractivity contribution in [3.05, 3.63) is 18.2 Å². The standard InChI is InChI=1S/C14H19FN4O2/c1-9(2)16-14(20)17-13-11-8-10(21-7-3-6-15)4-5-12(11)18-19-13/h4-5,8-9H,3,6-7H2,1-2H3,(H3,16,17,18,19,20). The Labute approximate surface area is 122 Å². The molecule has 0 aliphatic carbocycles. The van der Waals surface area contributed by atoms with Crippen molar-refractivity contribution in [3.63, 3.8) is 0 Å². The van der Waals surface area contributed by atoms with Crippen molar-refractivity contribution < 1.29 is 13.9 Å². The molecule has 0 aliphatic rings. The number of hydrogen-bond acceptors (Lipinski definition) is 3. The SMILES string of the molecule is CC(C)NC(=O)Nc1n[nH]c2ccc(OCCCF)cc12. The zero-order chi connectivity index (χ0) is 15.2. The van der Waals surface area contributed by atoms with E-state index in [1.165, 1.54) is 0 Å². The average molecular weight is 294 g/mol. The number of aromatic nitrogens is 2. The van der Waals surface area contributed by atoms with E-state index in [0.717, 1.165) is 10.9 Å². The molecular weight excluding hydrogens is 275 g/mol. The fourth-order valence-corrected chi connectivity index (χ4v) is 1.83. The summed E-state index contributed by atoms with van der Waals surface area (Å²) in [5.74, 6) is 1.05. The van der Waals surface area contributed by atoms with Crippen molar-refractivity contribution in [1.82, 2.24) is 15.5 Å². The number of urea groups is 1. The third kappa shape index (κ3) is 4.08. The number of rotatable bonds is 6. The number of carbonyl (C=O) groups excluding carboxylic acids is 1. The highest BCUT2D eigenvalue weighted by atomic mass is 19.1. The molecule has 1 aromatic heterocycles. The lowest BCUT2D eigenvalue weighted by Crippen LogP contribution is -2.34. The number of nitrogens with zero attached hydrogens (tertiary/aromatic N) is 1. The Hall–Kier alpha value is -2.31. The van der Waals surface area contributed by atoms with Gasteiger partial charge in [0.1, 0.15) is 5.75 Å². The Morgan fingerprint density at radius 2 is 2.29 bits per heavy atom. The smallest absolute Gasteiger partial charge is 0.320 e. The van der Waals surface area contributed by atoms with Gasteiger partial charge in [-0.05, 0) is 32.0 Å². The molecule has 0 bridgehead atoms. The van der Waals surface area contributed by atoms with Crippen molar-refractivity contribution in [2.45, 2.75) is 26.3 Å². The van der Waals surface area contributed by atoms with Crippen LogP contribution < -0.4 is 15.4 Å². The van der Waals surface area contributed by atoms with E-state index in [1.807, 2.05) is 13.8 Å². The lowest BCUT2D eigenvalue weighted by molar-refractivity contribution is 0.250. The minimum Gasteiger partial charge on any atom is -0.493 e. The third-order valence-corrected chi connectivity index (χ3v) is 2.73. The predicted octanol–water partition coefficient (Wildman–Crippen LogP) is 2.83. The number of fused-ring (bicyclic) bond motifs is 1. The van der Waals surface area contributed by atoms with Gasteiger partial charge in [-0.3, -0.25) is 14.8 Å². The van der Waals surface area contributed by atoms with E-state index in [0.29, 0.717) is 24.6 Å². The van der Waals surface area contributed by atoms with Gasteiger partial charge >= 0.3 is 6.03 Å². The average Bonchev–Trinajstić information content (AvgIpc) is 2.81. The molecule has 114 valence electrons. The molecule has 3 N–H and O–H groups in total. The second kappa shape index (κ2) is 6.92. The zero-order valence-corrected chi connectivity index (χ0v) is 12.1. The van der Waals surface area contributed by atoms with Crippen LogP contribution in [0, 0.1) is 0 Å². The van der Waals surface area contributed by atoms with Crippen LogP contribution in [0.5, 0.6) is 5.75 Å². The van der Waals surface area contributed by atoms with Crippen LogP contribution in [0.15, 0.2) is 18.2 Å². The molecule has 1 heterocycles. The van der Waals surface area contributed by atoms with Crippen molar-refractivity contribution in [2.24, 2.45) is 0 Å². The number of carbonyl (C=O) groups is 1. The van der Waals surface area contributed by atoms with Crippen LogP contribution in [0.3, 0.4) is 0 Å². The summed E-state index contributed by atoms with van der Waals surface area (Å²) in [6.07, 6.45) is 0.353. The molecule has 2 rings (SSSR count). The maximum absolute atomic E-state index is 12.1. The van der Waals surface area contributed by atoms with Crippen molar-refractivity contribution in [3.8, 4) is 5.75 Å². The molecule has 2 aromatic rings. The summed E-state index contributed by atoms with van der Waals surface area (Å²) in [7, 11) is 0. The monoisotopic (exact) mass is 294 g/mol. The summed E-state index contributed by atoms with van der Waals surface area (Å²) < 4.78 is 17.5. The first kappa shape index (κ1) is 15.1. The maximum Gasteiger partial charge on any atom is 0.320 e. The summed E-state index contributed by atoms with van der Waals surface area (Å²) in [6.45, 7) is 3.66. The van der Waals surface area contributed by atoms with E-state index in [4.69, 9.17) is 4.74 Å². The third-order valence-electron chi connectivity index (χ3n) is 2.73. The van der Waals surface area contributed by atoms with Gasteiger partial charge in [-0.15, -0.1) is 0 Å². The number of H-pyrrole nitrogens is 1. The summed E-state index contributed by atoms with van der Waals surface area (Å²) in [4.78, 5) is 11.7. The second-order valence-corrected chi connectivity index (χ2v) is 4.92. The number of ether oxygens (including phenoxy) is 1. The first-order valence-electron chi connectivity index (χ1n) is 6.84. The lowest BCUT2D eigenvalue weighted by atomic mass is 10.2. The zero-order valence-electron chi connectivity index (χ0n) is 12.1. The van der Waals surface area contributed by atoms with Gasteiger partial charge < -0.3 is 10.1 Å². The van der Waals surface area contributed by atoms with Crippen LogP contribution in [-0.2, 0) is 0 Å². The highest BCUT2D eigenvalue weighted by molar-refractivity contribution is 5.99. The van der Waals surface area contributed by atoms with Crippen molar-refractivity contribution in [1.29, 1.82) is 0 Å². The van der Waals surface area contributed by atoms with Gasteiger partial charge in [-0.2, -0.15) is 5.10 Å². The van der Waals surface area contributed by atoms with Crippen molar-refractivity contribution >= 4 is 22.8 Å². The van der Waals surface area contributed by atoms with Gasteiger partial charge in [0, 0.05) is 17.8 Å². The van der Waals surface area contributed by atoms with Gasteiger partial charge in [-0.25, -0.2) is 4.79 Å². The predicted molar refractivity (Wildman–Crippen MR) is 79.5 cm³/mol. The number of aromatic amines is 1. The fraction of sp³-hybridized carbons (Fsp3) is 0.429. The number of amides is 2. The summed E-state index contributed by atoms with van der Waals surface area (Å²) in [5.41, 5.74) is 0.785. The Balaban J connectivity index is 2.12. The molecule has 1 aromatic carbocycles. The van der Waals surface area contributed by atoms with Crippen LogP contribution in [0.2, 0.25) is 0 Å². The summed E-state index contributed by atoms with van der Waals surface area (Å²) in [5, 5.41) is 13.1. The minimum absolute atomic E-state index is 0.0369. The largest absolute Gasteiger partial charge is 0.493 e. The number of alkyl halides is 1. The molecule has 0 unspecified atom stereocenters. The molecule has 6 nitrogen and oxygen atoms in total. The van der Waals surface area contributed by atoms with Crippen molar-refractivity contribution in [2.75, 3.05) is 18.6 Å². The first-order chi connectivity index (χ1) is 10.1. The highest BCUT2D eigenvalue weighted by Crippen LogP contribution is 2.25. The fourth-order valence-electron chi connectivity index (χ4n) is 1.83. The van der Waals surface area contributed by atoms with Crippen LogP contribution in [0.1, 0.15) is 20.3 Å². The van der Waals surface area contributed by atoms with Crippen LogP contribution >= 0.6 is 0 Å². The Kier molecular flexibility index (Phi) is 4.97. The first-order valence-corrected chi connectivity index (χ1v) is 6.84. The van der Waals surface area contributed by atoms with E-state index in [2.05, 4.69) is 20.8 Å². The molecule has 0 aliphatic heterocycles. The molecule has 0 atom stereocenters. The summed E-state index contributed by atoms with van der Waals surface area (Å²) >= 11 is 0. The molecule has 0 spiro atoms. The maximum atomic E-state index is 12.1. The Morgan fingerprint density at radius 3 is 3.00 bits per heavy atom. The molecular formula is C14H19FN4O2. The van der Waals surface area contributed by atoms with Crippen LogP contribution in [0.25, 0.3) is 10.9 Å². The molecule has 0 saturated carbocycles. The van der Waals surface area contributed by atoms with E-state index in [-0.39, 0.29) is 12.1 Å². The number of anilines is 1. The highest BCUT2D eigenvalue weighted by Gasteiger charge is 2.10. The van der Waals surface area contributed by atoms with Gasteiger partial charge in [0.2, 0.25) is 0 Å². The number of hydrogen-bond donors (Lipinski definition) is 3. The van der Waals surface area contributed by atoms with E-state index < -0.39 is 6.67 Å². The molecule has 2 amide bonds. The molecule has 0 radical (unpaired) electrons. The number of halogens is 1. The van der Waals surface area contributed by atoms with Gasteiger partial charge in [0.25, 0.3) is 0 Å². The summed E-state index contributed by atoms with van der Waals surface area (Å²) in [6, 6.07) is 5.06. The van der Waals surface area contributed by atoms with Crippen LogP contribution in [0.4, 0.5) is 15.0 Å². The quantitative estimate of drug-likeness (QED) is 0.717. The molecule has 7 heteroatoms. The van der Waals surface area contributed by atoms with Gasteiger partial charge in [0.05, 0.1) is 18.8 Å². The normalized spacial score (nSPS) is 10.9. The second-order valence-electron chi connectivity index (χ2n) is 4.92. The van der Waals surface area contributed by atoms with E-state index in [9.17, 15) is 9.18 Å². The molecule has 0 saturated heterocycles. The Bertz CT molecular complexity index is 612. The van der Waals surface area contributed by atoms with Gasteiger partial charge in [0.15, 0.2) is 5.82 Å². The topological polar surface area (TPSA) is 79.0 Å². The van der Waals surface area contributed by atoms with Gasteiger partial charge in [-0.1, -0.05) is 0 Å². The minimum atomic E-state index is -0.407. The number of benzene rings is 1. The lowest BCUT2D eigenvalue weighted by Gasteiger charge is -2.09. The molecule has 0 fully saturated rings. The van der Waals surface area contributed by atoms with Crippen LogP contribution in [-0.4, -0.2) is 35.6 Å². The molecule has 21 heavy (non-hydrogen) atoms. The Morgan fingerprint density at radius 1 is 1.48 bits per heavy atom. The van der Waals surface area contributed by atoms with E-state index in [1.54, 1.807) is 18.2 Å². The number of nitrogens with one attached hydrogen (secondary N) is 3.